The number of aliphatic hydroxyl groups is 1. The molecule has 0 bridgehead atoms. The Kier molecular flexibility index (Phi) is 4.61. The number of rotatable bonds is 5. The fourth-order valence-electron chi connectivity index (χ4n) is 2.69. The van der Waals surface area contributed by atoms with Gasteiger partial charge in [0.25, 0.3) is 0 Å². The fraction of sp³-hybridized carbons (Fsp3) is 0.643. The van der Waals surface area contributed by atoms with E-state index in [1.165, 1.54) is 0 Å². The van der Waals surface area contributed by atoms with E-state index < -0.39 is 0 Å². The van der Waals surface area contributed by atoms with Gasteiger partial charge in [-0.15, -0.1) is 0 Å². The largest absolute Gasteiger partial charge is 0.467 e. The Labute approximate surface area is 113 Å². The Bertz CT molecular complexity index is 405. The van der Waals surface area contributed by atoms with E-state index in [-0.39, 0.29) is 24.6 Å². The first-order valence-corrected chi connectivity index (χ1v) is 6.80. The van der Waals surface area contributed by atoms with Gasteiger partial charge in [0.05, 0.1) is 25.5 Å². The van der Waals surface area contributed by atoms with Crippen LogP contribution in [0.1, 0.15) is 26.0 Å². The second-order valence-corrected chi connectivity index (χ2v) is 5.23. The Morgan fingerprint density at radius 2 is 2.47 bits per heavy atom. The van der Waals surface area contributed by atoms with Gasteiger partial charge in [-0.2, -0.15) is 0 Å². The zero-order valence-corrected chi connectivity index (χ0v) is 11.5. The maximum absolute atomic E-state index is 12.1. The molecule has 0 aliphatic carbocycles. The topological polar surface area (TPSA) is 65.7 Å². The lowest BCUT2D eigenvalue weighted by atomic mass is 10.0. The third kappa shape index (κ3) is 3.16. The number of furan rings is 1. The minimum Gasteiger partial charge on any atom is -0.467 e. The summed E-state index contributed by atoms with van der Waals surface area (Å²) in [6.07, 6.45) is 2.62. The fourth-order valence-corrected chi connectivity index (χ4v) is 2.69. The van der Waals surface area contributed by atoms with Gasteiger partial charge in [0.15, 0.2) is 0 Å². The third-order valence-corrected chi connectivity index (χ3v) is 4.01. The SMILES string of the molecule is CC1CCN(C(C)C(=O)NCc2ccco2)C1CO. The van der Waals surface area contributed by atoms with Crippen molar-refractivity contribution in [1.29, 1.82) is 0 Å². The van der Waals surface area contributed by atoms with Crippen LogP contribution in [-0.2, 0) is 11.3 Å². The normalized spacial score (nSPS) is 25.4. The molecule has 0 spiro atoms. The van der Waals surface area contributed by atoms with Crippen LogP contribution in [0, 0.1) is 5.92 Å². The molecule has 1 saturated heterocycles. The molecule has 1 aromatic rings. The van der Waals surface area contributed by atoms with Crippen molar-refractivity contribution in [3.8, 4) is 0 Å². The highest BCUT2D eigenvalue weighted by Crippen LogP contribution is 2.25. The molecule has 0 aromatic carbocycles. The number of hydrogen-bond donors (Lipinski definition) is 2. The first-order valence-electron chi connectivity index (χ1n) is 6.80. The van der Waals surface area contributed by atoms with Crippen LogP contribution in [0.5, 0.6) is 0 Å². The summed E-state index contributed by atoms with van der Waals surface area (Å²) in [4.78, 5) is 14.2. The summed E-state index contributed by atoms with van der Waals surface area (Å²) in [7, 11) is 0. The predicted octanol–water partition coefficient (Wildman–Crippen LogP) is 0.987. The molecular weight excluding hydrogens is 244 g/mol. The van der Waals surface area contributed by atoms with Gasteiger partial charge < -0.3 is 14.8 Å². The summed E-state index contributed by atoms with van der Waals surface area (Å²) >= 11 is 0. The highest BCUT2D eigenvalue weighted by Gasteiger charge is 2.35. The molecule has 2 heterocycles. The van der Waals surface area contributed by atoms with Crippen molar-refractivity contribution < 1.29 is 14.3 Å². The molecule has 1 amide bonds. The minimum atomic E-state index is -0.225. The number of aliphatic hydroxyl groups excluding tert-OH is 1. The molecule has 3 atom stereocenters. The molecule has 3 unspecified atom stereocenters. The van der Waals surface area contributed by atoms with Crippen molar-refractivity contribution >= 4 is 5.91 Å². The molecule has 1 fully saturated rings. The van der Waals surface area contributed by atoms with Crippen molar-refractivity contribution in [2.75, 3.05) is 13.2 Å². The second-order valence-electron chi connectivity index (χ2n) is 5.23. The molecule has 0 saturated carbocycles. The van der Waals surface area contributed by atoms with Crippen molar-refractivity contribution in [2.24, 2.45) is 5.92 Å². The lowest BCUT2D eigenvalue weighted by molar-refractivity contribution is -0.126. The molecule has 1 aliphatic rings. The molecule has 5 heteroatoms. The Morgan fingerprint density at radius 1 is 1.68 bits per heavy atom. The van der Waals surface area contributed by atoms with E-state index in [4.69, 9.17) is 4.42 Å². The number of hydrogen-bond acceptors (Lipinski definition) is 4. The summed E-state index contributed by atoms with van der Waals surface area (Å²) in [5, 5.41) is 12.3. The van der Waals surface area contributed by atoms with Crippen LogP contribution in [0.2, 0.25) is 0 Å². The molecule has 0 radical (unpaired) electrons. The number of nitrogens with zero attached hydrogens (tertiary/aromatic N) is 1. The van der Waals surface area contributed by atoms with E-state index in [1.807, 2.05) is 13.0 Å². The van der Waals surface area contributed by atoms with Crippen LogP contribution in [0.15, 0.2) is 22.8 Å². The lowest BCUT2D eigenvalue weighted by Crippen LogP contribution is -2.49. The first-order chi connectivity index (χ1) is 9.13. The summed E-state index contributed by atoms with van der Waals surface area (Å²) in [5.41, 5.74) is 0. The van der Waals surface area contributed by atoms with Crippen LogP contribution in [0.25, 0.3) is 0 Å². The van der Waals surface area contributed by atoms with Gasteiger partial charge in [0.2, 0.25) is 5.91 Å². The van der Waals surface area contributed by atoms with Crippen LogP contribution in [0.3, 0.4) is 0 Å². The van der Waals surface area contributed by atoms with Crippen LogP contribution >= 0.6 is 0 Å². The summed E-state index contributed by atoms with van der Waals surface area (Å²) < 4.78 is 5.18. The molecule has 1 aromatic heterocycles. The van der Waals surface area contributed by atoms with Gasteiger partial charge >= 0.3 is 0 Å². The van der Waals surface area contributed by atoms with E-state index in [9.17, 15) is 9.90 Å². The molecule has 2 rings (SSSR count). The summed E-state index contributed by atoms with van der Waals surface area (Å²) in [6, 6.07) is 3.50. The molecular formula is C14H22N2O3. The molecule has 1 aliphatic heterocycles. The van der Waals surface area contributed by atoms with Crippen molar-refractivity contribution in [1.82, 2.24) is 10.2 Å². The van der Waals surface area contributed by atoms with Gasteiger partial charge in [-0.1, -0.05) is 6.92 Å². The van der Waals surface area contributed by atoms with E-state index in [0.29, 0.717) is 12.5 Å². The number of nitrogens with one attached hydrogen (secondary N) is 1. The molecule has 106 valence electrons. The number of likely N-dealkylation sites (tertiary alicyclic amines) is 1. The minimum absolute atomic E-state index is 0.0241. The van der Waals surface area contributed by atoms with Gasteiger partial charge in [0, 0.05) is 6.04 Å². The number of amides is 1. The number of carbonyl (C=O) groups excluding carboxylic acids is 1. The van der Waals surface area contributed by atoms with Crippen molar-refractivity contribution in [2.45, 2.75) is 38.9 Å². The maximum Gasteiger partial charge on any atom is 0.237 e. The highest BCUT2D eigenvalue weighted by atomic mass is 16.3. The monoisotopic (exact) mass is 266 g/mol. The van der Waals surface area contributed by atoms with E-state index in [1.54, 1.807) is 12.3 Å². The Balaban J connectivity index is 1.88. The number of carbonyl (C=O) groups is 1. The van der Waals surface area contributed by atoms with E-state index >= 15 is 0 Å². The second kappa shape index (κ2) is 6.21. The van der Waals surface area contributed by atoms with Crippen LogP contribution in [-0.4, -0.2) is 41.1 Å². The smallest absolute Gasteiger partial charge is 0.237 e. The third-order valence-electron chi connectivity index (χ3n) is 4.01. The van der Waals surface area contributed by atoms with Gasteiger partial charge in [0.1, 0.15) is 5.76 Å². The Morgan fingerprint density at radius 3 is 3.11 bits per heavy atom. The van der Waals surface area contributed by atoms with Gasteiger partial charge in [-0.25, -0.2) is 0 Å². The zero-order valence-electron chi connectivity index (χ0n) is 11.5. The van der Waals surface area contributed by atoms with Gasteiger partial charge in [-0.3, -0.25) is 9.69 Å². The Hall–Kier alpha value is -1.33. The van der Waals surface area contributed by atoms with E-state index in [2.05, 4.69) is 17.1 Å². The quantitative estimate of drug-likeness (QED) is 0.834. The standard InChI is InChI=1S/C14H22N2O3/c1-10-5-6-16(13(10)9-17)11(2)14(18)15-8-12-4-3-7-19-12/h3-4,7,10-11,13,17H,5-6,8-9H2,1-2H3,(H,15,18). The lowest BCUT2D eigenvalue weighted by Gasteiger charge is -2.30. The zero-order chi connectivity index (χ0) is 13.8. The average Bonchev–Trinajstić information content (AvgIpc) is 3.04. The van der Waals surface area contributed by atoms with Crippen molar-refractivity contribution in [3.05, 3.63) is 24.2 Å². The van der Waals surface area contributed by atoms with E-state index in [0.717, 1.165) is 18.7 Å². The molecule has 2 N–H and O–H groups in total. The first kappa shape index (κ1) is 14.1. The summed E-state index contributed by atoms with van der Waals surface area (Å²) in [5.74, 6) is 1.16. The van der Waals surface area contributed by atoms with Crippen LogP contribution < -0.4 is 5.32 Å². The average molecular weight is 266 g/mol. The summed E-state index contributed by atoms with van der Waals surface area (Å²) in [6.45, 7) is 5.38. The maximum atomic E-state index is 12.1. The molecule has 5 nitrogen and oxygen atoms in total. The van der Waals surface area contributed by atoms with Crippen molar-refractivity contribution in [3.63, 3.8) is 0 Å². The van der Waals surface area contributed by atoms with Gasteiger partial charge in [-0.05, 0) is 37.9 Å². The molecule has 19 heavy (non-hydrogen) atoms. The highest BCUT2D eigenvalue weighted by molar-refractivity contribution is 5.81. The van der Waals surface area contributed by atoms with Crippen LogP contribution in [0.4, 0.5) is 0 Å². The predicted molar refractivity (Wildman–Crippen MR) is 71.4 cm³/mol.